The predicted octanol–water partition coefficient (Wildman–Crippen LogP) is 3.18. The van der Waals surface area contributed by atoms with Crippen molar-refractivity contribution in [2.45, 2.75) is 45.3 Å². The number of hydrogen-bond acceptors (Lipinski definition) is 4. The molecule has 0 aliphatic heterocycles. The van der Waals surface area contributed by atoms with Crippen LogP contribution in [0.15, 0.2) is 54.9 Å². The molecule has 1 N–H and O–H groups in total. The van der Waals surface area contributed by atoms with Crippen LogP contribution >= 0.6 is 0 Å². The van der Waals surface area contributed by atoms with Gasteiger partial charge < -0.3 is 5.32 Å². The maximum Gasteiger partial charge on any atom is 0.242 e. The van der Waals surface area contributed by atoms with Crippen molar-refractivity contribution >= 4 is 16.9 Å². The molecule has 1 aliphatic carbocycles. The van der Waals surface area contributed by atoms with E-state index in [4.69, 9.17) is 0 Å². The Morgan fingerprint density at radius 3 is 2.90 bits per heavy atom. The van der Waals surface area contributed by atoms with Crippen molar-refractivity contribution in [2.24, 2.45) is 0 Å². The molecule has 5 rings (SSSR count). The van der Waals surface area contributed by atoms with Gasteiger partial charge in [0, 0.05) is 22.8 Å². The van der Waals surface area contributed by atoms with E-state index in [-0.39, 0.29) is 18.5 Å². The van der Waals surface area contributed by atoms with Crippen LogP contribution < -0.4 is 5.32 Å². The number of fused-ring (bicyclic) bond motifs is 2. The van der Waals surface area contributed by atoms with Gasteiger partial charge in [-0.1, -0.05) is 30.3 Å². The Kier molecular flexibility index (Phi) is 4.78. The summed E-state index contributed by atoms with van der Waals surface area (Å²) < 4.78 is 3.75. The Hall–Kier alpha value is -3.48. The van der Waals surface area contributed by atoms with Gasteiger partial charge in [-0.15, -0.1) is 0 Å². The molecule has 0 spiro atoms. The second kappa shape index (κ2) is 7.74. The summed E-state index contributed by atoms with van der Waals surface area (Å²) in [6.45, 7) is 2.85. The first kappa shape index (κ1) is 18.5. The van der Waals surface area contributed by atoms with E-state index in [2.05, 4.69) is 37.3 Å². The second-order valence-electron chi connectivity index (χ2n) is 7.82. The third kappa shape index (κ3) is 3.47. The van der Waals surface area contributed by atoms with Gasteiger partial charge in [-0.05, 0) is 43.9 Å². The number of rotatable bonds is 5. The average molecular weight is 400 g/mol. The molecule has 7 heteroatoms. The first-order chi connectivity index (χ1) is 14.7. The molecule has 0 fully saturated rings. The fourth-order valence-corrected chi connectivity index (χ4v) is 4.31. The van der Waals surface area contributed by atoms with E-state index in [0.717, 1.165) is 48.1 Å². The van der Waals surface area contributed by atoms with Crippen molar-refractivity contribution in [1.82, 2.24) is 29.9 Å². The number of carbonyl (C=O) groups is 1. The first-order valence-corrected chi connectivity index (χ1v) is 10.3. The van der Waals surface area contributed by atoms with Gasteiger partial charge in [-0.3, -0.25) is 9.48 Å². The van der Waals surface area contributed by atoms with E-state index in [1.54, 1.807) is 10.9 Å². The maximum absolute atomic E-state index is 12.8. The second-order valence-corrected chi connectivity index (χ2v) is 7.82. The highest BCUT2D eigenvalue weighted by Crippen LogP contribution is 2.30. The summed E-state index contributed by atoms with van der Waals surface area (Å²) >= 11 is 0. The number of nitrogens with one attached hydrogen (secondary N) is 1. The number of pyridine rings is 1. The Morgan fingerprint density at radius 2 is 2.03 bits per heavy atom. The molecule has 152 valence electrons. The van der Waals surface area contributed by atoms with E-state index < -0.39 is 0 Å². The number of aryl methyl sites for hydroxylation is 1. The highest BCUT2D eigenvalue weighted by atomic mass is 16.2. The van der Waals surface area contributed by atoms with Crippen LogP contribution in [-0.2, 0) is 24.3 Å². The molecule has 3 heterocycles. The summed E-state index contributed by atoms with van der Waals surface area (Å²) in [6, 6.07) is 14.2. The maximum atomic E-state index is 12.8. The molecule has 7 nitrogen and oxygen atoms in total. The van der Waals surface area contributed by atoms with Crippen molar-refractivity contribution in [3.63, 3.8) is 0 Å². The van der Waals surface area contributed by atoms with Gasteiger partial charge in [0.1, 0.15) is 6.54 Å². The molecule has 1 amide bonds. The number of amides is 1. The van der Waals surface area contributed by atoms with E-state index in [0.29, 0.717) is 0 Å². The summed E-state index contributed by atoms with van der Waals surface area (Å²) in [7, 11) is 0. The van der Waals surface area contributed by atoms with E-state index in [1.165, 1.54) is 11.3 Å². The molecule has 1 aromatic carbocycles. The van der Waals surface area contributed by atoms with Gasteiger partial charge >= 0.3 is 0 Å². The standard InChI is InChI=1S/C23H24N6O/c1-16-18-9-6-12-24-23(18)29(27-16)15-22(30)26-20-10-5-11-21-19(20)13-25-28(21)14-17-7-3-2-4-8-17/h2-4,6-9,12-13,20H,5,10-11,14-15H2,1H3,(H,26,30). The molecule has 3 aromatic heterocycles. The SMILES string of the molecule is Cc1nn(CC(=O)NC2CCCc3c2cnn3Cc2ccccc2)c2ncccc12. The smallest absolute Gasteiger partial charge is 0.242 e. The molecular formula is C23H24N6O. The fraction of sp³-hybridized carbons (Fsp3) is 0.304. The van der Waals surface area contributed by atoms with Crippen LogP contribution in [0, 0.1) is 6.92 Å². The summed E-state index contributed by atoms with van der Waals surface area (Å²) in [6.07, 6.45) is 6.59. The third-order valence-electron chi connectivity index (χ3n) is 5.76. The third-order valence-corrected chi connectivity index (χ3v) is 5.76. The van der Waals surface area contributed by atoms with Gasteiger partial charge in [-0.25, -0.2) is 9.67 Å². The van der Waals surface area contributed by atoms with Gasteiger partial charge in [-0.2, -0.15) is 10.2 Å². The van der Waals surface area contributed by atoms with Gasteiger partial charge in [0.2, 0.25) is 5.91 Å². The number of benzene rings is 1. The Labute approximate surface area is 174 Å². The quantitative estimate of drug-likeness (QED) is 0.558. The molecule has 1 aliphatic rings. The van der Waals surface area contributed by atoms with Crippen LogP contribution in [0.2, 0.25) is 0 Å². The number of nitrogens with zero attached hydrogens (tertiary/aromatic N) is 5. The van der Waals surface area contributed by atoms with Crippen LogP contribution in [0.3, 0.4) is 0 Å². The van der Waals surface area contributed by atoms with Crippen LogP contribution in [-0.4, -0.2) is 30.5 Å². The zero-order chi connectivity index (χ0) is 20.5. The van der Waals surface area contributed by atoms with Crippen LogP contribution in [0.4, 0.5) is 0 Å². The summed E-state index contributed by atoms with van der Waals surface area (Å²) in [4.78, 5) is 17.2. The summed E-state index contributed by atoms with van der Waals surface area (Å²) in [5, 5.41) is 13.3. The van der Waals surface area contributed by atoms with Crippen LogP contribution in [0.5, 0.6) is 0 Å². The minimum atomic E-state index is -0.0567. The molecule has 1 atom stereocenters. The van der Waals surface area contributed by atoms with E-state index in [1.807, 2.05) is 43.5 Å². The molecule has 4 aromatic rings. The Morgan fingerprint density at radius 1 is 1.17 bits per heavy atom. The molecule has 30 heavy (non-hydrogen) atoms. The lowest BCUT2D eigenvalue weighted by molar-refractivity contribution is -0.122. The van der Waals surface area contributed by atoms with Gasteiger partial charge in [0.05, 0.1) is 24.5 Å². The number of hydrogen-bond donors (Lipinski definition) is 1. The van der Waals surface area contributed by atoms with Crippen LogP contribution in [0.25, 0.3) is 11.0 Å². The fourth-order valence-electron chi connectivity index (χ4n) is 4.31. The van der Waals surface area contributed by atoms with E-state index >= 15 is 0 Å². The van der Waals surface area contributed by atoms with Gasteiger partial charge in [0.25, 0.3) is 0 Å². The topological polar surface area (TPSA) is 77.6 Å². The molecule has 0 saturated heterocycles. The zero-order valence-corrected chi connectivity index (χ0v) is 17.0. The minimum absolute atomic E-state index is 0.0124. The average Bonchev–Trinajstić information content (AvgIpc) is 3.31. The molecule has 0 saturated carbocycles. The van der Waals surface area contributed by atoms with E-state index in [9.17, 15) is 4.79 Å². The predicted molar refractivity (Wildman–Crippen MR) is 114 cm³/mol. The molecular weight excluding hydrogens is 376 g/mol. The highest BCUT2D eigenvalue weighted by molar-refractivity contribution is 5.81. The number of aromatic nitrogens is 5. The largest absolute Gasteiger partial charge is 0.348 e. The zero-order valence-electron chi connectivity index (χ0n) is 17.0. The van der Waals surface area contributed by atoms with Crippen LogP contribution in [0.1, 0.15) is 41.4 Å². The summed E-state index contributed by atoms with van der Waals surface area (Å²) in [5.41, 5.74) is 5.20. The number of carbonyl (C=O) groups excluding carboxylic acids is 1. The molecule has 0 bridgehead atoms. The lowest BCUT2D eigenvalue weighted by Gasteiger charge is -2.24. The molecule has 1 unspecified atom stereocenters. The first-order valence-electron chi connectivity index (χ1n) is 10.3. The van der Waals surface area contributed by atoms with Crippen molar-refractivity contribution in [2.75, 3.05) is 0 Å². The normalized spacial score (nSPS) is 15.8. The lowest BCUT2D eigenvalue weighted by Crippen LogP contribution is -2.33. The minimum Gasteiger partial charge on any atom is -0.348 e. The van der Waals surface area contributed by atoms with Crippen molar-refractivity contribution in [1.29, 1.82) is 0 Å². The van der Waals surface area contributed by atoms with Crippen molar-refractivity contribution in [3.05, 3.63) is 77.4 Å². The molecule has 0 radical (unpaired) electrons. The lowest BCUT2D eigenvalue weighted by atomic mass is 9.93. The highest BCUT2D eigenvalue weighted by Gasteiger charge is 2.26. The monoisotopic (exact) mass is 400 g/mol. The summed E-state index contributed by atoms with van der Waals surface area (Å²) in [5.74, 6) is -0.0567. The Balaban J connectivity index is 1.32. The Bertz CT molecular complexity index is 1190. The van der Waals surface area contributed by atoms with Crippen molar-refractivity contribution in [3.8, 4) is 0 Å². The van der Waals surface area contributed by atoms with Crippen molar-refractivity contribution < 1.29 is 4.79 Å². The van der Waals surface area contributed by atoms with Gasteiger partial charge in [0.15, 0.2) is 5.65 Å².